The molecule has 0 bridgehead atoms. The Morgan fingerprint density at radius 3 is 2.95 bits per heavy atom. The SMILES string of the molecule is COc1ccccc1Cc1nc2c(n1C)CCC2C(=O)O. The molecule has 1 aliphatic rings. The summed E-state index contributed by atoms with van der Waals surface area (Å²) in [7, 11) is 3.61. The van der Waals surface area contributed by atoms with E-state index < -0.39 is 11.9 Å². The van der Waals surface area contributed by atoms with E-state index in [2.05, 4.69) is 4.98 Å². The lowest BCUT2D eigenvalue weighted by atomic mass is 10.1. The van der Waals surface area contributed by atoms with Crippen LogP contribution in [0.3, 0.4) is 0 Å². The zero-order chi connectivity index (χ0) is 15.0. The molecule has 1 aromatic heterocycles. The molecule has 5 nitrogen and oxygen atoms in total. The highest BCUT2D eigenvalue weighted by molar-refractivity contribution is 5.76. The predicted molar refractivity (Wildman–Crippen MR) is 77.7 cm³/mol. The molecule has 0 saturated heterocycles. The Morgan fingerprint density at radius 1 is 1.48 bits per heavy atom. The topological polar surface area (TPSA) is 64.4 Å². The number of aliphatic carboxylic acids is 1. The highest BCUT2D eigenvalue weighted by Crippen LogP contribution is 2.33. The van der Waals surface area contributed by atoms with Crippen LogP contribution >= 0.6 is 0 Å². The second-order valence-corrected chi connectivity index (χ2v) is 5.34. The van der Waals surface area contributed by atoms with Gasteiger partial charge in [-0.3, -0.25) is 4.79 Å². The number of carboxylic acids is 1. The molecule has 0 amide bonds. The van der Waals surface area contributed by atoms with Crippen LogP contribution in [0, 0.1) is 0 Å². The van der Waals surface area contributed by atoms with Crippen LogP contribution in [0.15, 0.2) is 24.3 Å². The van der Waals surface area contributed by atoms with Crippen LogP contribution in [0.4, 0.5) is 0 Å². The first kappa shape index (κ1) is 13.7. The molecule has 1 aliphatic carbocycles. The number of carboxylic acid groups (broad SMARTS) is 1. The van der Waals surface area contributed by atoms with Crippen LogP contribution in [-0.4, -0.2) is 27.7 Å². The number of nitrogens with zero attached hydrogens (tertiary/aromatic N) is 2. The van der Waals surface area contributed by atoms with Gasteiger partial charge in [0.05, 0.1) is 12.8 Å². The molecule has 1 atom stereocenters. The maximum absolute atomic E-state index is 11.3. The average Bonchev–Trinajstić information content (AvgIpc) is 3.01. The summed E-state index contributed by atoms with van der Waals surface area (Å²) in [4.78, 5) is 15.9. The second-order valence-electron chi connectivity index (χ2n) is 5.34. The molecule has 110 valence electrons. The number of benzene rings is 1. The van der Waals surface area contributed by atoms with E-state index in [-0.39, 0.29) is 0 Å². The smallest absolute Gasteiger partial charge is 0.312 e. The Balaban J connectivity index is 1.95. The maximum atomic E-state index is 11.3. The quantitative estimate of drug-likeness (QED) is 0.935. The molecule has 1 aromatic carbocycles. The van der Waals surface area contributed by atoms with E-state index in [1.165, 1.54) is 0 Å². The summed E-state index contributed by atoms with van der Waals surface area (Å²) in [6, 6.07) is 7.83. The Labute approximate surface area is 123 Å². The van der Waals surface area contributed by atoms with Crippen molar-refractivity contribution in [2.24, 2.45) is 7.05 Å². The van der Waals surface area contributed by atoms with Gasteiger partial charge in [0.15, 0.2) is 0 Å². The summed E-state index contributed by atoms with van der Waals surface area (Å²) in [5.74, 6) is 0.471. The predicted octanol–water partition coefficient (Wildman–Crippen LogP) is 2.13. The molecule has 0 saturated carbocycles. The number of hydrogen-bond acceptors (Lipinski definition) is 3. The molecule has 2 aromatic rings. The molecule has 1 N–H and O–H groups in total. The van der Waals surface area contributed by atoms with E-state index in [0.717, 1.165) is 34.9 Å². The average molecular weight is 286 g/mol. The largest absolute Gasteiger partial charge is 0.496 e. The summed E-state index contributed by atoms with van der Waals surface area (Å²) < 4.78 is 7.40. The molecule has 5 heteroatoms. The Morgan fingerprint density at radius 2 is 2.24 bits per heavy atom. The number of para-hydroxylation sites is 1. The van der Waals surface area contributed by atoms with Crippen molar-refractivity contribution in [1.29, 1.82) is 0 Å². The van der Waals surface area contributed by atoms with Crippen molar-refractivity contribution >= 4 is 5.97 Å². The van der Waals surface area contributed by atoms with E-state index in [4.69, 9.17) is 4.74 Å². The van der Waals surface area contributed by atoms with Crippen LogP contribution in [0.1, 0.15) is 35.1 Å². The monoisotopic (exact) mass is 286 g/mol. The van der Waals surface area contributed by atoms with Crippen molar-refractivity contribution in [1.82, 2.24) is 9.55 Å². The van der Waals surface area contributed by atoms with Gasteiger partial charge in [-0.1, -0.05) is 18.2 Å². The Kier molecular flexibility index (Phi) is 3.41. The molecule has 0 aliphatic heterocycles. The van der Waals surface area contributed by atoms with Crippen molar-refractivity contribution in [2.75, 3.05) is 7.11 Å². The van der Waals surface area contributed by atoms with Gasteiger partial charge in [-0.2, -0.15) is 0 Å². The van der Waals surface area contributed by atoms with Gasteiger partial charge < -0.3 is 14.4 Å². The summed E-state index contributed by atoms with van der Waals surface area (Å²) >= 11 is 0. The van der Waals surface area contributed by atoms with Crippen molar-refractivity contribution in [2.45, 2.75) is 25.2 Å². The molecule has 21 heavy (non-hydrogen) atoms. The van der Waals surface area contributed by atoms with Gasteiger partial charge in [-0.05, 0) is 18.9 Å². The normalized spacial score (nSPS) is 16.8. The first-order chi connectivity index (χ1) is 10.1. The molecular weight excluding hydrogens is 268 g/mol. The third-order valence-corrected chi connectivity index (χ3v) is 4.18. The lowest BCUT2D eigenvalue weighted by molar-refractivity contribution is -0.138. The molecule has 1 heterocycles. The van der Waals surface area contributed by atoms with Crippen LogP contribution in [0.5, 0.6) is 5.75 Å². The number of imidazole rings is 1. The fourth-order valence-corrected chi connectivity index (χ4v) is 3.02. The first-order valence-corrected chi connectivity index (χ1v) is 7.01. The van der Waals surface area contributed by atoms with E-state index in [1.54, 1.807) is 7.11 Å². The summed E-state index contributed by atoms with van der Waals surface area (Å²) in [5, 5.41) is 9.26. The third kappa shape index (κ3) is 2.28. The van der Waals surface area contributed by atoms with E-state index >= 15 is 0 Å². The number of methoxy groups -OCH3 is 1. The van der Waals surface area contributed by atoms with Crippen LogP contribution in [0.25, 0.3) is 0 Å². The number of rotatable bonds is 4. The molecule has 0 fully saturated rings. The Bertz CT molecular complexity index is 691. The van der Waals surface area contributed by atoms with Gasteiger partial charge in [0.25, 0.3) is 0 Å². The Hall–Kier alpha value is -2.30. The van der Waals surface area contributed by atoms with E-state index in [1.807, 2.05) is 35.9 Å². The number of fused-ring (bicyclic) bond motifs is 1. The fraction of sp³-hybridized carbons (Fsp3) is 0.375. The van der Waals surface area contributed by atoms with E-state index in [0.29, 0.717) is 12.8 Å². The van der Waals surface area contributed by atoms with Gasteiger partial charge in [-0.25, -0.2) is 4.98 Å². The minimum Gasteiger partial charge on any atom is -0.496 e. The number of hydrogen-bond donors (Lipinski definition) is 1. The highest BCUT2D eigenvalue weighted by Gasteiger charge is 2.33. The van der Waals surface area contributed by atoms with Gasteiger partial charge in [0.2, 0.25) is 0 Å². The van der Waals surface area contributed by atoms with Gasteiger partial charge >= 0.3 is 5.97 Å². The standard InChI is InChI=1S/C16H18N2O3/c1-18-12-8-7-11(16(19)20)15(12)17-14(18)9-10-5-3-4-6-13(10)21-2/h3-6,11H,7-9H2,1-2H3,(H,19,20). The lowest BCUT2D eigenvalue weighted by Crippen LogP contribution is -2.09. The highest BCUT2D eigenvalue weighted by atomic mass is 16.5. The molecule has 3 rings (SSSR count). The van der Waals surface area contributed by atoms with Crippen LogP contribution in [-0.2, 0) is 24.7 Å². The van der Waals surface area contributed by atoms with Crippen molar-refractivity contribution in [3.05, 3.63) is 47.0 Å². The number of aromatic nitrogens is 2. The second kappa shape index (κ2) is 5.24. The zero-order valence-corrected chi connectivity index (χ0v) is 12.2. The zero-order valence-electron chi connectivity index (χ0n) is 12.2. The fourth-order valence-electron chi connectivity index (χ4n) is 3.02. The lowest BCUT2D eigenvalue weighted by Gasteiger charge is -2.09. The minimum absolute atomic E-state index is 0.461. The minimum atomic E-state index is -0.782. The molecule has 1 unspecified atom stereocenters. The van der Waals surface area contributed by atoms with Crippen molar-refractivity contribution in [3.63, 3.8) is 0 Å². The summed E-state index contributed by atoms with van der Waals surface area (Å²) in [6.45, 7) is 0. The summed E-state index contributed by atoms with van der Waals surface area (Å²) in [6.07, 6.45) is 2.07. The molecule has 0 radical (unpaired) electrons. The first-order valence-electron chi connectivity index (χ1n) is 7.01. The van der Waals surface area contributed by atoms with Crippen LogP contribution < -0.4 is 4.74 Å². The van der Waals surface area contributed by atoms with Gasteiger partial charge in [0, 0.05) is 24.7 Å². The van der Waals surface area contributed by atoms with Crippen LogP contribution in [0.2, 0.25) is 0 Å². The third-order valence-electron chi connectivity index (χ3n) is 4.18. The van der Waals surface area contributed by atoms with Crippen molar-refractivity contribution < 1.29 is 14.6 Å². The molecule has 0 spiro atoms. The number of ether oxygens (including phenoxy) is 1. The number of carbonyl (C=O) groups is 1. The summed E-state index contributed by atoms with van der Waals surface area (Å²) in [5.41, 5.74) is 2.83. The van der Waals surface area contributed by atoms with Gasteiger partial charge in [-0.15, -0.1) is 0 Å². The van der Waals surface area contributed by atoms with E-state index in [9.17, 15) is 9.90 Å². The van der Waals surface area contributed by atoms with Crippen molar-refractivity contribution in [3.8, 4) is 5.75 Å². The maximum Gasteiger partial charge on any atom is 0.312 e. The van der Waals surface area contributed by atoms with Gasteiger partial charge in [0.1, 0.15) is 17.5 Å². The molecular formula is C16H18N2O3.